The standard InChI is InChI=1S/C16H25NO2S/c1-11(2)20-13-8-14(18-3)16(15(9-13)19-4)12-6-5-7-17-10-12/h8-9,11-12,17H,5-7,10H2,1-4H3. The van der Waals surface area contributed by atoms with E-state index in [9.17, 15) is 0 Å². The van der Waals surface area contributed by atoms with Crippen LogP contribution in [0.5, 0.6) is 11.5 Å². The Morgan fingerprint density at radius 2 is 1.85 bits per heavy atom. The van der Waals surface area contributed by atoms with Crippen LogP contribution in [0.3, 0.4) is 0 Å². The minimum absolute atomic E-state index is 0.478. The van der Waals surface area contributed by atoms with Gasteiger partial charge in [0.25, 0.3) is 0 Å². The Morgan fingerprint density at radius 1 is 1.20 bits per heavy atom. The molecule has 2 rings (SSSR count). The fourth-order valence-electron chi connectivity index (χ4n) is 2.76. The molecular weight excluding hydrogens is 270 g/mol. The van der Waals surface area contributed by atoms with Gasteiger partial charge in [0.1, 0.15) is 11.5 Å². The minimum Gasteiger partial charge on any atom is -0.496 e. The topological polar surface area (TPSA) is 30.5 Å². The molecule has 1 aromatic carbocycles. The third-order valence-electron chi connectivity index (χ3n) is 3.59. The third-order valence-corrected chi connectivity index (χ3v) is 4.57. The van der Waals surface area contributed by atoms with Gasteiger partial charge in [0.15, 0.2) is 0 Å². The van der Waals surface area contributed by atoms with Gasteiger partial charge in [-0.2, -0.15) is 0 Å². The quantitative estimate of drug-likeness (QED) is 0.840. The number of benzene rings is 1. The highest BCUT2D eigenvalue weighted by atomic mass is 32.2. The van der Waals surface area contributed by atoms with Crippen molar-refractivity contribution in [3.05, 3.63) is 17.7 Å². The molecular formula is C16H25NO2S. The van der Waals surface area contributed by atoms with Crippen molar-refractivity contribution in [3.8, 4) is 11.5 Å². The largest absolute Gasteiger partial charge is 0.496 e. The van der Waals surface area contributed by atoms with Crippen molar-refractivity contribution in [3.63, 3.8) is 0 Å². The number of piperidine rings is 1. The van der Waals surface area contributed by atoms with Crippen LogP contribution < -0.4 is 14.8 Å². The van der Waals surface area contributed by atoms with E-state index in [1.165, 1.54) is 23.3 Å². The lowest BCUT2D eigenvalue weighted by atomic mass is 9.90. The Kier molecular flexibility index (Phi) is 5.61. The van der Waals surface area contributed by atoms with Crippen LogP contribution in [0.1, 0.15) is 38.2 Å². The van der Waals surface area contributed by atoms with E-state index >= 15 is 0 Å². The van der Waals surface area contributed by atoms with E-state index in [0.29, 0.717) is 11.2 Å². The molecule has 1 aliphatic rings. The number of methoxy groups -OCH3 is 2. The van der Waals surface area contributed by atoms with Gasteiger partial charge in [-0.25, -0.2) is 0 Å². The van der Waals surface area contributed by atoms with Crippen LogP contribution in [-0.2, 0) is 0 Å². The molecule has 1 atom stereocenters. The van der Waals surface area contributed by atoms with Crippen LogP contribution >= 0.6 is 11.8 Å². The Labute approximate surface area is 126 Å². The molecule has 0 spiro atoms. The molecule has 0 amide bonds. The zero-order chi connectivity index (χ0) is 14.5. The van der Waals surface area contributed by atoms with Crippen LogP contribution in [-0.4, -0.2) is 32.6 Å². The summed E-state index contributed by atoms with van der Waals surface area (Å²) >= 11 is 1.84. The molecule has 1 unspecified atom stereocenters. The van der Waals surface area contributed by atoms with Crippen molar-refractivity contribution in [2.45, 2.75) is 42.8 Å². The third kappa shape index (κ3) is 3.61. The molecule has 20 heavy (non-hydrogen) atoms. The van der Waals surface area contributed by atoms with Gasteiger partial charge < -0.3 is 14.8 Å². The Hall–Kier alpha value is -0.870. The molecule has 0 aliphatic carbocycles. The monoisotopic (exact) mass is 295 g/mol. The number of thioether (sulfide) groups is 1. The fraction of sp³-hybridized carbons (Fsp3) is 0.625. The van der Waals surface area contributed by atoms with Gasteiger partial charge in [0.05, 0.1) is 14.2 Å². The summed E-state index contributed by atoms with van der Waals surface area (Å²) in [6.07, 6.45) is 2.40. The van der Waals surface area contributed by atoms with E-state index in [1.54, 1.807) is 14.2 Å². The number of hydrogen-bond donors (Lipinski definition) is 1. The highest BCUT2D eigenvalue weighted by Crippen LogP contribution is 2.42. The van der Waals surface area contributed by atoms with Gasteiger partial charge in [0.2, 0.25) is 0 Å². The first-order valence-electron chi connectivity index (χ1n) is 7.29. The van der Waals surface area contributed by atoms with Crippen LogP contribution in [0.15, 0.2) is 17.0 Å². The van der Waals surface area contributed by atoms with Gasteiger partial charge in [0, 0.05) is 28.2 Å². The summed E-state index contributed by atoms with van der Waals surface area (Å²) in [7, 11) is 3.50. The smallest absolute Gasteiger partial charge is 0.127 e. The minimum atomic E-state index is 0.478. The second-order valence-electron chi connectivity index (χ2n) is 5.45. The van der Waals surface area contributed by atoms with Crippen molar-refractivity contribution in [2.75, 3.05) is 27.3 Å². The van der Waals surface area contributed by atoms with E-state index < -0.39 is 0 Å². The number of ether oxygens (including phenoxy) is 2. The van der Waals surface area contributed by atoms with E-state index in [0.717, 1.165) is 24.6 Å². The summed E-state index contributed by atoms with van der Waals surface area (Å²) in [5, 5.41) is 4.01. The molecule has 1 N–H and O–H groups in total. The first-order chi connectivity index (χ1) is 9.65. The average molecular weight is 295 g/mol. The maximum atomic E-state index is 5.64. The highest BCUT2D eigenvalue weighted by Gasteiger charge is 2.24. The normalized spacial score (nSPS) is 19.1. The van der Waals surface area contributed by atoms with Crippen molar-refractivity contribution in [1.82, 2.24) is 5.32 Å². The predicted molar refractivity (Wildman–Crippen MR) is 85.4 cm³/mol. The fourth-order valence-corrected chi connectivity index (χ4v) is 3.65. The summed E-state index contributed by atoms with van der Waals surface area (Å²) in [6, 6.07) is 4.30. The summed E-state index contributed by atoms with van der Waals surface area (Å²) in [5.74, 6) is 2.40. The molecule has 0 aromatic heterocycles. The van der Waals surface area contributed by atoms with Crippen molar-refractivity contribution in [1.29, 1.82) is 0 Å². The highest BCUT2D eigenvalue weighted by molar-refractivity contribution is 7.99. The van der Waals surface area contributed by atoms with Crippen molar-refractivity contribution in [2.24, 2.45) is 0 Å². The molecule has 1 saturated heterocycles. The van der Waals surface area contributed by atoms with Crippen LogP contribution in [0.4, 0.5) is 0 Å². The van der Waals surface area contributed by atoms with Crippen molar-refractivity contribution < 1.29 is 9.47 Å². The lowest BCUT2D eigenvalue weighted by molar-refractivity contribution is 0.363. The first-order valence-corrected chi connectivity index (χ1v) is 8.17. The lowest BCUT2D eigenvalue weighted by Gasteiger charge is -2.27. The number of hydrogen-bond acceptors (Lipinski definition) is 4. The molecule has 1 aliphatic heterocycles. The van der Waals surface area contributed by atoms with E-state index in [4.69, 9.17) is 9.47 Å². The second-order valence-corrected chi connectivity index (χ2v) is 7.10. The van der Waals surface area contributed by atoms with Crippen LogP contribution in [0.25, 0.3) is 0 Å². The van der Waals surface area contributed by atoms with E-state index in [2.05, 4.69) is 31.3 Å². The summed E-state index contributed by atoms with van der Waals surface area (Å²) in [5.41, 5.74) is 1.22. The Morgan fingerprint density at radius 3 is 2.30 bits per heavy atom. The van der Waals surface area contributed by atoms with Gasteiger partial charge in [-0.15, -0.1) is 11.8 Å². The molecule has 4 heteroatoms. The van der Waals surface area contributed by atoms with Crippen LogP contribution in [0, 0.1) is 0 Å². The first kappa shape index (κ1) is 15.5. The average Bonchev–Trinajstić information content (AvgIpc) is 2.46. The van der Waals surface area contributed by atoms with Gasteiger partial charge in [-0.05, 0) is 31.5 Å². The summed E-state index contributed by atoms with van der Waals surface area (Å²) < 4.78 is 11.3. The molecule has 3 nitrogen and oxygen atoms in total. The Balaban J connectivity index is 2.37. The predicted octanol–water partition coefficient (Wildman–Crippen LogP) is 3.67. The zero-order valence-corrected chi connectivity index (χ0v) is 13.7. The number of rotatable bonds is 5. The maximum Gasteiger partial charge on any atom is 0.127 e. The van der Waals surface area contributed by atoms with Gasteiger partial charge >= 0.3 is 0 Å². The van der Waals surface area contributed by atoms with Crippen molar-refractivity contribution >= 4 is 11.8 Å². The second kappa shape index (κ2) is 7.23. The molecule has 1 fully saturated rings. The molecule has 1 aromatic rings. The van der Waals surface area contributed by atoms with E-state index in [1.807, 2.05) is 11.8 Å². The summed E-state index contributed by atoms with van der Waals surface area (Å²) in [4.78, 5) is 1.21. The summed E-state index contributed by atoms with van der Waals surface area (Å²) in [6.45, 7) is 6.51. The zero-order valence-electron chi connectivity index (χ0n) is 12.9. The molecule has 0 saturated carbocycles. The molecule has 0 radical (unpaired) electrons. The number of nitrogens with one attached hydrogen (secondary N) is 1. The van der Waals surface area contributed by atoms with E-state index in [-0.39, 0.29) is 0 Å². The SMILES string of the molecule is COc1cc(SC(C)C)cc(OC)c1C1CCCNC1. The van der Waals surface area contributed by atoms with Crippen LogP contribution in [0.2, 0.25) is 0 Å². The molecule has 1 heterocycles. The maximum absolute atomic E-state index is 5.64. The Bertz CT molecular complexity index is 417. The van der Waals surface area contributed by atoms with Gasteiger partial charge in [-0.1, -0.05) is 13.8 Å². The lowest BCUT2D eigenvalue weighted by Crippen LogP contribution is -2.28. The van der Waals surface area contributed by atoms with Gasteiger partial charge in [-0.3, -0.25) is 0 Å². The molecule has 0 bridgehead atoms. The molecule has 112 valence electrons.